The van der Waals surface area contributed by atoms with Gasteiger partial charge in [0.05, 0.1) is 19.6 Å². The number of nitrogens with one attached hydrogen (secondary N) is 1. The number of hydrogen-bond donors (Lipinski definition) is 2. The largest absolute Gasteiger partial charge is 0.497 e. The van der Waals surface area contributed by atoms with E-state index in [-0.39, 0.29) is 36.2 Å². The van der Waals surface area contributed by atoms with Crippen LogP contribution in [-0.4, -0.2) is 24.2 Å². The molecule has 138 valence electrons. The zero-order chi connectivity index (χ0) is 17.4. The fourth-order valence-electron chi connectivity index (χ4n) is 3.84. The minimum Gasteiger partial charge on any atom is -0.497 e. The maximum absolute atomic E-state index is 12.5. The molecule has 4 rings (SSSR count). The molecule has 3 N–H and O–H groups in total. The molecule has 0 spiro atoms. The van der Waals surface area contributed by atoms with Crippen molar-refractivity contribution < 1.29 is 14.1 Å². The molecule has 1 aromatic carbocycles. The number of benzene rings is 1. The zero-order valence-electron chi connectivity index (χ0n) is 14.4. The van der Waals surface area contributed by atoms with Crippen LogP contribution in [0.25, 0.3) is 11.3 Å². The van der Waals surface area contributed by atoms with Gasteiger partial charge in [-0.05, 0) is 30.4 Å². The molecule has 2 bridgehead atoms. The van der Waals surface area contributed by atoms with Crippen LogP contribution >= 0.6 is 12.4 Å². The van der Waals surface area contributed by atoms with Crippen molar-refractivity contribution in [3.8, 4) is 17.0 Å². The quantitative estimate of drug-likeness (QED) is 0.784. The number of rotatable bonds is 5. The molecule has 1 fully saturated rings. The van der Waals surface area contributed by atoms with E-state index in [0.29, 0.717) is 23.9 Å². The van der Waals surface area contributed by atoms with Gasteiger partial charge < -0.3 is 20.3 Å². The fourth-order valence-corrected chi connectivity index (χ4v) is 3.84. The molecule has 1 heterocycles. The summed E-state index contributed by atoms with van der Waals surface area (Å²) in [4.78, 5) is 12.5. The van der Waals surface area contributed by atoms with Gasteiger partial charge in [0.15, 0.2) is 5.76 Å². The maximum Gasteiger partial charge on any atom is 0.225 e. The summed E-state index contributed by atoms with van der Waals surface area (Å²) in [6.07, 6.45) is 5.24. The third-order valence-electron chi connectivity index (χ3n) is 5.18. The Kier molecular flexibility index (Phi) is 5.34. The summed E-state index contributed by atoms with van der Waals surface area (Å²) in [7, 11) is 1.62. The molecule has 4 atom stereocenters. The highest BCUT2D eigenvalue weighted by Crippen LogP contribution is 2.42. The van der Waals surface area contributed by atoms with Crippen molar-refractivity contribution in [2.45, 2.75) is 19.0 Å². The van der Waals surface area contributed by atoms with E-state index in [0.717, 1.165) is 17.7 Å². The number of nitrogens with zero attached hydrogens (tertiary/aromatic N) is 1. The van der Waals surface area contributed by atoms with Crippen LogP contribution in [0.3, 0.4) is 0 Å². The van der Waals surface area contributed by atoms with Gasteiger partial charge in [-0.15, -0.1) is 12.4 Å². The molecule has 0 saturated heterocycles. The second-order valence-corrected chi connectivity index (χ2v) is 6.68. The number of ether oxygens (including phenoxy) is 1. The number of carbonyl (C=O) groups excluding carboxylic acids is 1. The topological polar surface area (TPSA) is 90.4 Å². The lowest BCUT2D eigenvalue weighted by Gasteiger charge is -2.23. The van der Waals surface area contributed by atoms with Gasteiger partial charge in [-0.1, -0.05) is 29.4 Å². The third-order valence-corrected chi connectivity index (χ3v) is 5.18. The monoisotopic (exact) mass is 375 g/mol. The Hall–Kier alpha value is -2.31. The van der Waals surface area contributed by atoms with E-state index in [2.05, 4.69) is 22.6 Å². The number of fused-ring (bicyclic) bond motifs is 2. The number of carbonyl (C=O) groups is 1. The van der Waals surface area contributed by atoms with E-state index < -0.39 is 0 Å². The molecule has 6 nitrogen and oxygen atoms in total. The van der Waals surface area contributed by atoms with Crippen molar-refractivity contribution >= 4 is 18.3 Å². The van der Waals surface area contributed by atoms with Crippen molar-refractivity contribution in [2.75, 3.05) is 7.11 Å². The Bertz CT molecular complexity index is 820. The van der Waals surface area contributed by atoms with Crippen LogP contribution in [0.2, 0.25) is 0 Å². The first-order valence-electron chi connectivity index (χ1n) is 8.47. The second-order valence-electron chi connectivity index (χ2n) is 6.68. The van der Waals surface area contributed by atoms with Gasteiger partial charge in [-0.2, -0.15) is 0 Å². The minimum absolute atomic E-state index is 0. The molecule has 0 radical (unpaired) electrons. The molecular formula is C19H22ClN3O3. The van der Waals surface area contributed by atoms with Crippen molar-refractivity contribution in [1.82, 2.24) is 10.5 Å². The lowest BCUT2D eigenvalue weighted by molar-refractivity contribution is -0.126. The Morgan fingerprint density at radius 2 is 2.15 bits per heavy atom. The molecule has 0 aliphatic heterocycles. The SMILES string of the molecule is COc1cccc(-c2cc(CNC(=O)[C@H]3[C@@H](N)[C@H]4C=C[C@@H]3C4)on2)c1.Cl. The molecule has 1 amide bonds. The van der Waals surface area contributed by atoms with Crippen molar-refractivity contribution in [1.29, 1.82) is 0 Å². The summed E-state index contributed by atoms with van der Waals surface area (Å²) in [5.74, 6) is 1.82. The van der Waals surface area contributed by atoms with E-state index in [1.165, 1.54) is 0 Å². The number of allylic oxidation sites excluding steroid dienone is 1. The Labute approximate surface area is 158 Å². The molecule has 7 heteroatoms. The first-order chi connectivity index (χ1) is 12.2. The van der Waals surface area contributed by atoms with Gasteiger partial charge in [0.1, 0.15) is 11.4 Å². The summed E-state index contributed by atoms with van der Waals surface area (Å²) in [5.41, 5.74) is 7.80. The van der Waals surface area contributed by atoms with Crippen LogP contribution in [0.4, 0.5) is 0 Å². The van der Waals surface area contributed by atoms with E-state index >= 15 is 0 Å². The van der Waals surface area contributed by atoms with Crippen LogP contribution < -0.4 is 15.8 Å². The first kappa shape index (κ1) is 18.5. The molecular weight excluding hydrogens is 354 g/mol. The van der Waals surface area contributed by atoms with Crippen LogP contribution in [0.5, 0.6) is 5.75 Å². The van der Waals surface area contributed by atoms with Gasteiger partial charge in [-0.25, -0.2) is 0 Å². The number of aromatic nitrogens is 1. The first-order valence-corrected chi connectivity index (χ1v) is 8.47. The fraction of sp³-hybridized carbons (Fsp3) is 0.368. The summed E-state index contributed by atoms with van der Waals surface area (Å²) in [6, 6.07) is 9.34. The molecule has 2 aliphatic rings. The highest BCUT2D eigenvalue weighted by Gasteiger charge is 2.46. The zero-order valence-corrected chi connectivity index (χ0v) is 15.2. The van der Waals surface area contributed by atoms with E-state index in [1.807, 2.05) is 30.3 Å². The van der Waals surface area contributed by atoms with Crippen LogP contribution in [-0.2, 0) is 11.3 Å². The predicted molar refractivity (Wildman–Crippen MR) is 99.8 cm³/mol. The lowest BCUT2D eigenvalue weighted by Crippen LogP contribution is -2.43. The van der Waals surface area contributed by atoms with E-state index in [9.17, 15) is 4.79 Å². The molecule has 2 aliphatic carbocycles. The minimum atomic E-state index is -0.143. The Morgan fingerprint density at radius 3 is 2.88 bits per heavy atom. The maximum atomic E-state index is 12.5. The normalized spacial score (nSPS) is 25.8. The molecule has 0 unspecified atom stereocenters. The van der Waals surface area contributed by atoms with Crippen LogP contribution in [0.15, 0.2) is 47.0 Å². The standard InChI is InChI=1S/C19H21N3O3.ClH/c1-24-14-4-2-3-11(8-14)16-9-15(25-22-16)10-21-19(23)17-12-5-6-13(7-12)18(17)20;/h2-6,8-9,12-13,17-18H,7,10,20H2,1H3,(H,21,23);1H/t12-,13+,17-,18+;/m1./s1. The van der Waals surface area contributed by atoms with Gasteiger partial charge in [-0.3, -0.25) is 4.79 Å². The summed E-state index contributed by atoms with van der Waals surface area (Å²) < 4.78 is 10.6. The van der Waals surface area contributed by atoms with Crippen LogP contribution in [0, 0.1) is 17.8 Å². The summed E-state index contributed by atoms with van der Waals surface area (Å²) >= 11 is 0. The highest BCUT2D eigenvalue weighted by molar-refractivity contribution is 5.85. The number of nitrogens with two attached hydrogens (primary N) is 1. The molecule has 1 aromatic heterocycles. The average molecular weight is 376 g/mol. The number of hydrogen-bond acceptors (Lipinski definition) is 5. The van der Waals surface area contributed by atoms with Crippen LogP contribution in [0.1, 0.15) is 12.2 Å². The average Bonchev–Trinajstić information content (AvgIpc) is 3.35. The Balaban J connectivity index is 0.00000196. The number of halogens is 1. The van der Waals surface area contributed by atoms with Crippen molar-refractivity contribution in [3.63, 3.8) is 0 Å². The molecule has 2 aromatic rings. The van der Waals surface area contributed by atoms with Crippen molar-refractivity contribution in [3.05, 3.63) is 48.2 Å². The third kappa shape index (κ3) is 3.34. The summed E-state index contributed by atoms with van der Waals surface area (Å²) in [5, 5.41) is 7.00. The summed E-state index contributed by atoms with van der Waals surface area (Å²) in [6.45, 7) is 0.306. The van der Waals surface area contributed by atoms with E-state index in [4.69, 9.17) is 15.0 Å². The van der Waals surface area contributed by atoms with Gasteiger partial charge in [0.25, 0.3) is 0 Å². The van der Waals surface area contributed by atoms with Crippen molar-refractivity contribution in [2.24, 2.45) is 23.5 Å². The predicted octanol–water partition coefficient (Wildman–Crippen LogP) is 2.54. The lowest BCUT2D eigenvalue weighted by atomic mass is 9.89. The van der Waals surface area contributed by atoms with E-state index in [1.54, 1.807) is 7.11 Å². The van der Waals surface area contributed by atoms with Gasteiger partial charge >= 0.3 is 0 Å². The van der Waals surface area contributed by atoms with Gasteiger partial charge in [0.2, 0.25) is 5.91 Å². The second kappa shape index (κ2) is 7.51. The van der Waals surface area contributed by atoms with Gasteiger partial charge in [0, 0.05) is 17.7 Å². The smallest absolute Gasteiger partial charge is 0.225 e. The molecule has 1 saturated carbocycles. The Morgan fingerprint density at radius 1 is 1.35 bits per heavy atom. The molecule has 26 heavy (non-hydrogen) atoms. The number of methoxy groups -OCH3 is 1. The number of amides is 1. The highest BCUT2D eigenvalue weighted by atomic mass is 35.5.